The second kappa shape index (κ2) is 6.87. The van der Waals surface area contributed by atoms with Crippen molar-refractivity contribution < 1.29 is 29.6 Å². The Kier molecular flexibility index (Phi) is 4.97. The van der Waals surface area contributed by atoms with Crippen LogP contribution in [0, 0.1) is 34.5 Å². The fourth-order valence-corrected chi connectivity index (χ4v) is 6.89. The van der Waals surface area contributed by atoms with Crippen molar-refractivity contribution in [1.29, 1.82) is 0 Å². The molecular weight excluding hydrogens is 396 g/mol. The molecule has 2 unspecified atom stereocenters. The Morgan fingerprint density at radius 3 is 2.58 bits per heavy atom. The number of ketones is 1. The highest BCUT2D eigenvalue weighted by Gasteiger charge is 2.76. The van der Waals surface area contributed by atoms with E-state index in [2.05, 4.69) is 13.8 Å². The molecule has 0 aromatic rings. The Balaban J connectivity index is 1.96. The van der Waals surface area contributed by atoms with Crippen LogP contribution in [0.4, 0.5) is 0 Å². The molecule has 6 nitrogen and oxygen atoms in total. The van der Waals surface area contributed by atoms with E-state index in [-0.39, 0.29) is 28.6 Å². The monoisotopic (exact) mass is 430 g/mol. The van der Waals surface area contributed by atoms with E-state index in [4.69, 9.17) is 4.74 Å². The first kappa shape index (κ1) is 22.4. The highest BCUT2D eigenvalue weighted by molar-refractivity contribution is 5.95. The van der Waals surface area contributed by atoms with Crippen molar-refractivity contribution in [2.24, 2.45) is 34.5 Å². The van der Waals surface area contributed by atoms with Crippen LogP contribution in [0.1, 0.15) is 48.0 Å². The average Bonchev–Trinajstić information content (AvgIpc) is 3.23. The molecule has 31 heavy (non-hydrogen) atoms. The molecule has 0 aliphatic heterocycles. The van der Waals surface area contributed by atoms with Crippen LogP contribution in [-0.4, -0.2) is 51.5 Å². The molecule has 0 aromatic heterocycles. The molecule has 4 aliphatic rings. The number of aliphatic hydroxyl groups is 3. The molecule has 2 fully saturated rings. The van der Waals surface area contributed by atoms with Crippen molar-refractivity contribution in [1.82, 2.24) is 0 Å². The summed E-state index contributed by atoms with van der Waals surface area (Å²) in [5.74, 6) is -1.18. The highest BCUT2D eigenvalue weighted by Crippen LogP contribution is 2.71. The quantitative estimate of drug-likeness (QED) is 0.361. The molecule has 170 valence electrons. The summed E-state index contributed by atoms with van der Waals surface area (Å²) in [6.45, 7) is 10.8. The van der Waals surface area contributed by atoms with E-state index in [0.29, 0.717) is 17.1 Å². The summed E-state index contributed by atoms with van der Waals surface area (Å²) in [5.41, 5.74) is -2.40. The van der Waals surface area contributed by atoms with Crippen LogP contribution in [0.3, 0.4) is 0 Å². The number of Topliss-reactive ketones (excluding diaryl/α,β-unsaturated/α-hetero) is 1. The van der Waals surface area contributed by atoms with E-state index in [1.54, 1.807) is 39.0 Å². The predicted octanol–water partition coefficient (Wildman–Crippen LogP) is 2.33. The normalized spacial score (nSPS) is 45.6. The van der Waals surface area contributed by atoms with E-state index in [0.717, 1.165) is 6.42 Å². The SMILES string of the molecule is C/C=C(/C)C(=O)O[C@@H]1C(CO)=CC2C(=O)C3(C=C(C)[C@H](O)[C@@]13O)[C@H](C)C[C@@H]1[C@H]2C1(C)C. The highest BCUT2D eigenvalue weighted by atomic mass is 16.6. The molecule has 1 spiro atoms. The van der Waals surface area contributed by atoms with Gasteiger partial charge in [-0.3, -0.25) is 4.79 Å². The van der Waals surface area contributed by atoms with Gasteiger partial charge in [0.2, 0.25) is 0 Å². The van der Waals surface area contributed by atoms with Gasteiger partial charge in [0.15, 0.2) is 17.5 Å². The maximum absolute atomic E-state index is 14.2. The number of aliphatic hydroxyl groups excluding tert-OH is 2. The summed E-state index contributed by atoms with van der Waals surface area (Å²) >= 11 is 0. The minimum Gasteiger partial charge on any atom is -0.451 e. The van der Waals surface area contributed by atoms with Gasteiger partial charge >= 0.3 is 5.97 Å². The molecule has 0 radical (unpaired) electrons. The maximum atomic E-state index is 14.2. The fraction of sp³-hybridized carbons (Fsp3) is 0.680. The number of carbonyl (C=O) groups excluding carboxylic acids is 2. The van der Waals surface area contributed by atoms with Gasteiger partial charge in [0.25, 0.3) is 0 Å². The van der Waals surface area contributed by atoms with Gasteiger partial charge < -0.3 is 20.1 Å². The predicted molar refractivity (Wildman–Crippen MR) is 115 cm³/mol. The zero-order valence-corrected chi connectivity index (χ0v) is 19.2. The Morgan fingerprint density at radius 1 is 1.35 bits per heavy atom. The lowest BCUT2D eigenvalue weighted by Gasteiger charge is -2.49. The number of fused-ring (bicyclic) bond motifs is 3. The third kappa shape index (κ3) is 2.61. The molecule has 0 aromatic carbocycles. The van der Waals surface area contributed by atoms with E-state index < -0.39 is 41.7 Å². The number of allylic oxidation sites excluding steroid dienone is 2. The van der Waals surface area contributed by atoms with Crippen LogP contribution in [0.5, 0.6) is 0 Å². The van der Waals surface area contributed by atoms with Crippen molar-refractivity contribution in [2.75, 3.05) is 6.61 Å². The number of hydrogen-bond donors (Lipinski definition) is 3. The molecule has 0 heterocycles. The lowest BCUT2D eigenvalue weighted by molar-refractivity contribution is -0.202. The minimum atomic E-state index is -2.08. The van der Waals surface area contributed by atoms with Crippen LogP contribution in [-0.2, 0) is 14.3 Å². The largest absolute Gasteiger partial charge is 0.451 e. The minimum absolute atomic E-state index is 0.0284. The molecule has 2 bridgehead atoms. The van der Waals surface area contributed by atoms with Gasteiger partial charge in [-0.1, -0.05) is 39.0 Å². The lowest BCUT2D eigenvalue weighted by atomic mass is 9.59. The van der Waals surface area contributed by atoms with Gasteiger partial charge in [-0.15, -0.1) is 0 Å². The summed E-state index contributed by atoms with van der Waals surface area (Å²) in [4.78, 5) is 26.9. The first-order valence-corrected chi connectivity index (χ1v) is 11.2. The standard InChI is InChI=1S/C25H34O6/c1-7-12(2)22(29)31-21-15(11-26)9-16-18-17(23(18,5)6)8-14(4)24(20(16)28)10-13(3)19(27)25(21,24)30/h7,9-10,14,16-19,21,26-27,30H,8,11H2,1-6H3/b12-7-/t14-,16?,17-,18+,19+,21-,24?,25-/m1/s1. The molecule has 4 aliphatic carbocycles. The van der Waals surface area contributed by atoms with Crippen molar-refractivity contribution in [3.8, 4) is 0 Å². The van der Waals surface area contributed by atoms with Gasteiger partial charge in [-0.2, -0.15) is 0 Å². The maximum Gasteiger partial charge on any atom is 0.334 e. The summed E-state index contributed by atoms with van der Waals surface area (Å²) in [5, 5.41) is 33.7. The fourth-order valence-electron chi connectivity index (χ4n) is 6.89. The van der Waals surface area contributed by atoms with Crippen LogP contribution in [0.2, 0.25) is 0 Å². The number of esters is 1. The van der Waals surface area contributed by atoms with Crippen molar-refractivity contribution in [3.63, 3.8) is 0 Å². The third-order valence-electron chi connectivity index (χ3n) is 8.88. The second-order valence-electron chi connectivity index (χ2n) is 10.6. The zero-order chi connectivity index (χ0) is 23.1. The van der Waals surface area contributed by atoms with Crippen LogP contribution in [0.25, 0.3) is 0 Å². The molecule has 2 saturated carbocycles. The molecule has 8 atom stereocenters. The Labute approximate surface area is 183 Å². The van der Waals surface area contributed by atoms with Gasteiger partial charge in [0.1, 0.15) is 6.10 Å². The molecule has 3 N–H and O–H groups in total. The van der Waals surface area contributed by atoms with Crippen molar-refractivity contribution in [3.05, 3.63) is 34.9 Å². The smallest absolute Gasteiger partial charge is 0.334 e. The molecular formula is C25H34O6. The molecule has 4 rings (SSSR count). The average molecular weight is 431 g/mol. The topological polar surface area (TPSA) is 104 Å². The first-order valence-electron chi connectivity index (χ1n) is 11.2. The van der Waals surface area contributed by atoms with E-state index in [1.807, 2.05) is 6.92 Å². The number of carbonyl (C=O) groups is 2. The number of rotatable bonds is 3. The van der Waals surface area contributed by atoms with Crippen molar-refractivity contribution in [2.45, 2.75) is 65.8 Å². The first-order chi connectivity index (χ1) is 14.4. The lowest BCUT2D eigenvalue weighted by Crippen LogP contribution is -2.66. The van der Waals surface area contributed by atoms with E-state index in [1.165, 1.54) is 0 Å². The second-order valence-corrected chi connectivity index (χ2v) is 10.6. The Bertz CT molecular complexity index is 926. The van der Waals surface area contributed by atoms with Crippen LogP contribution < -0.4 is 0 Å². The van der Waals surface area contributed by atoms with Gasteiger partial charge in [-0.05, 0) is 61.5 Å². The van der Waals surface area contributed by atoms with Crippen LogP contribution >= 0.6 is 0 Å². The van der Waals surface area contributed by atoms with E-state index >= 15 is 0 Å². The number of hydrogen-bond acceptors (Lipinski definition) is 6. The summed E-state index contributed by atoms with van der Waals surface area (Å²) in [6.07, 6.45) is 3.04. The number of ether oxygens (including phenoxy) is 1. The zero-order valence-electron chi connectivity index (χ0n) is 19.2. The Hall–Kier alpha value is -1.76. The van der Waals surface area contributed by atoms with Gasteiger partial charge in [0.05, 0.1) is 12.0 Å². The van der Waals surface area contributed by atoms with E-state index in [9.17, 15) is 24.9 Å². The van der Waals surface area contributed by atoms with Gasteiger partial charge in [0, 0.05) is 11.5 Å². The summed E-state index contributed by atoms with van der Waals surface area (Å²) in [7, 11) is 0. The summed E-state index contributed by atoms with van der Waals surface area (Å²) in [6, 6.07) is 0. The molecule has 6 heteroatoms. The molecule has 0 amide bonds. The van der Waals surface area contributed by atoms with Gasteiger partial charge in [-0.25, -0.2) is 4.79 Å². The third-order valence-corrected chi connectivity index (χ3v) is 8.88. The van der Waals surface area contributed by atoms with Crippen molar-refractivity contribution >= 4 is 11.8 Å². The van der Waals surface area contributed by atoms with Crippen LogP contribution in [0.15, 0.2) is 34.9 Å². The molecule has 0 saturated heterocycles. The Morgan fingerprint density at radius 2 is 2.00 bits per heavy atom. The summed E-state index contributed by atoms with van der Waals surface area (Å²) < 4.78 is 5.77.